The smallest absolute Gasteiger partial charge is 0.225 e. The van der Waals surface area contributed by atoms with Gasteiger partial charge in [-0.3, -0.25) is 4.79 Å². The second-order valence-corrected chi connectivity index (χ2v) is 8.62. The summed E-state index contributed by atoms with van der Waals surface area (Å²) in [6.45, 7) is 5.65. The minimum Gasteiger partial charge on any atom is -0.486 e. The van der Waals surface area contributed by atoms with Crippen LogP contribution in [0.5, 0.6) is 5.75 Å². The Bertz CT molecular complexity index is 784. The van der Waals surface area contributed by atoms with Crippen LogP contribution < -0.4 is 9.64 Å². The number of ether oxygens (including phenoxy) is 1. The fourth-order valence-electron chi connectivity index (χ4n) is 3.91. The first-order chi connectivity index (χ1) is 14.1. The zero-order chi connectivity index (χ0) is 20.1. The average molecular weight is 395 g/mol. The molecule has 0 radical (unpaired) electrons. The Kier molecular flexibility index (Phi) is 5.97. The van der Waals surface area contributed by atoms with Gasteiger partial charge in [0.05, 0.1) is 12.4 Å². The summed E-state index contributed by atoms with van der Waals surface area (Å²) in [5, 5.41) is 0. The van der Waals surface area contributed by atoms with Gasteiger partial charge in [-0.1, -0.05) is 37.3 Å². The second-order valence-electron chi connectivity index (χ2n) is 8.62. The Morgan fingerprint density at radius 2 is 1.86 bits per heavy atom. The van der Waals surface area contributed by atoms with Crippen LogP contribution in [-0.4, -0.2) is 47.0 Å². The van der Waals surface area contributed by atoms with Gasteiger partial charge in [-0.2, -0.15) is 0 Å². The topological polar surface area (TPSA) is 58.6 Å². The van der Waals surface area contributed by atoms with E-state index >= 15 is 0 Å². The number of carbonyl (C=O) groups excluding carboxylic acids is 1. The van der Waals surface area contributed by atoms with Crippen LogP contribution in [0, 0.1) is 5.41 Å². The lowest BCUT2D eigenvalue weighted by Crippen LogP contribution is -2.41. The van der Waals surface area contributed by atoms with Gasteiger partial charge in [0.25, 0.3) is 0 Å². The van der Waals surface area contributed by atoms with Crippen molar-refractivity contribution in [3.05, 3.63) is 48.3 Å². The van der Waals surface area contributed by atoms with Crippen molar-refractivity contribution in [3.63, 3.8) is 0 Å². The van der Waals surface area contributed by atoms with E-state index in [1.54, 1.807) is 12.4 Å². The van der Waals surface area contributed by atoms with E-state index in [1.165, 1.54) is 12.8 Å². The predicted molar refractivity (Wildman–Crippen MR) is 113 cm³/mol. The van der Waals surface area contributed by atoms with Gasteiger partial charge >= 0.3 is 0 Å². The Balaban J connectivity index is 1.25. The number of piperidine rings is 1. The number of nitrogens with zero attached hydrogens (tertiary/aromatic N) is 4. The molecule has 0 bridgehead atoms. The summed E-state index contributed by atoms with van der Waals surface area (Å²) in [6, 6.07) is 10.6. The minimum absolute atomic E-state index is 0.283. The molecule has 6 nitrogen and oxygen atoms in total. The maximum absolute atomic E-state index is 11.2. The number of aromatic nitrogens is 2. The van der Waals surface area contributed by atoms with Gasteiger partial charge < -0.3 is 14.5 Å². The summed E-state index contributed by atoms with van der Waals surface area (Å²) in [5.74, 6) is 1.46. The lowest BCUT2D eigenvalue weighted by molar-refractivity contribution is -0.119. The monoisotopic (exact) mass is 394 g/mol. The van der Waals surface area contributed by atoms with Crippen molar-refractivity contribution in [2.75, 3.05) is 24.5 Å². The van der Waals surface area contributed by atoms with Crippen LogP contribution in [0.2, 0.25) is 0 Å². The zero-order valence-electron chi connectivity index (χ0n) is 17.2. The van der Waals surface area contributed by atoms with Gasteiger partial charge in [0.1, 0.15) is 6.61 Å². The van der Waals surface area contributed by atoms with Crippen molar-refractivity contribution < 1.29 is 9.53 Å². The number of hydrogen-bond acceptors (Lipinski definition) is 5. The summed E-state index contributed by atoms with van der Waals surface area (Å²) in [4.78, 5) is 24.5. The highest BCUT2D eigenvalue weighted by molar-refractivity contribution is 5.48. The number of carbonyl (C=O) groups is 1. The van der Waals surface area contributed by atoms with E-state index in [1.807, 2.05) is 35.2 Å². The van der Waals surface area contributed by atoms with Gasteiger partial charge in [-0.25, -0.2) is 9.97 Å². The van der Waals surface area contributed by atoms with Crippen LogP contribution in [-0.2, 0) is 11.4 Å². The van der Waals surface area contributed by atoms with Crippen LogP contribution in [0.1, 0.15) is 44.6 Å². The first-order valence-corrected chi connectivity index (χ1v) is 10.6. The lowest BCUT2D eigenvalue weighted by Gasteiger charge is -2.40. The van der Waals surface area contributed by atoms with Crippen LogP contribution in [0.25, 0.3) is 0 Å². The fourth-order valence-corrected chi connectivity index (χ4v) is 3.91. The number of hydrogen-bond donors (Lipinski definition) is 0. The third-order valence-electron chi connectivity index (χ3n) is 6.24. The molecule has 1 aliphatic carbocycles. The van der Waals surface area contributed by atoms with Gasteiger partial charge in [0, 0.05) is 25.7 Å². The molecule has 1 aromatic heterocycles. The molecular formula is C23H30N4O2. The van der Waals surface area contributed by atoms with Crippen molar-refractivity contribution in [1.82, 2.24) is 14.9 Å². The summed E-state index contributed by atoms with van der Waals surface area (Å²) in [6.07, 6.45) is 10.2. The number of rotatable bonds is 9. The molecule has 0 spiro atoms. The van der Waals surface area contributed by atoms with E-state index in [2.05, 4.69) is 21.8 Å². The first-order valence-electron chi connectivity index (χ1n) is 10.6. The summed E-state index contributed by atoms with van der Waals surface area (Å²) in [7, 11) is 0. The largest absolute Gasteiger partial charge is 0.486 e. The van der Waals surface area contributed by atoms with Crippen LogP contribution in [0.3, 0.4) is 0 Å². The molecule has 2 aromatic rings. The lowest BCUT2D eigenvalue weighted by atomic mass is 9.77. The molecule has 0 unspecified atom stereocenters. The molecule has 154 valence electrons. The molecule has 1 saturated carbocycles. The van der Waals surface area contributed by atoms with E-state index in [9.17, 15) is 4.79 Å². The van der Waals surface area contributed by atoms with Gasteiger partial charge in [-0.05, 0) is 43.1 Å². The fraction of sp³-hybridized carbons (Fsp3) is 0.522. The maximum Gasteiger partial charge on any atom is 0.225 e. The van der Waals surface area contributed by atoms with Crippen molar-refractivity contribution in [2.45, 2.75) is 51.7 Å². The highest BCUT2D eigenvalue weighted by Gasteiger charge is 2.33. The normalized spacial score (nSPS) is 18.3. The van der Waals surface area contributed by atoms with Crippen LogP contribution in [0.4, 0.5) is 5.95 Å². The highest BCUT2D eigenvalue weighted by Crippen LogP contribution is 2.36. The van der Waals surface area contributed by atoms with E-state index in [0.717, 1.165) is 56.8 Å². The predicted octanol–water partition coefficient (Wildman–Crippen LogP) is 3.67. The van der Waals surface area contributed by atoms with Crippen molar-refractivity contribution in [3.8, 4) is 5.75 Å². The van der Waals surface area contributed by atoms with Crippen molar-refractivity contribution in [2.24, 2.45) is 5.41 Å². The molecule has 1 aromatic carbocycles. The van der Waals surface area contributed by atoms with Crippen molar-refractivity contribution >= 4 is 12.4 Å². The molecule has 6 heteroatoms. The average Bonchev–Trinajstić information content (AvgIpc) is 3.60. The zero-order valence-corrected chi connectivity index (χ0v) is 17.2. The molecule has 29 heavy (non-hydrogen) atoms. The van der Waals surface area contributed by atoms with Crippen LogP contribution in [0.15, 0.2) is 42.7 Å². The molecule has 2 fully saturated rings. The summed E-state index contributed by atoms with van der Waals surface area (Å²) in [5.41, 5.74) is 1.41. The molecule has 1 amide bonds. The van der Waals surface area contributed by atoms with E-state index in [0.29, 0.717) is 18.4 Å². The van der Waals surface area contributed by atoms with Gasteiger partial charge in [0.15, 0.2) is 5.75 Å². The van der Waals surface area contributed by atoms with Gasteiger partial charge in [-0.15, -0.1) is 0 Å². The summed E-state index contributed by atoms with van der Waals surface area (Å²) >= 11 is 0. The van der Waals surface area contributed by atoms with E-state index < -0.39 is 0 Å². The molecule has 4 rings (SSSR count). The molecule has 0 N–H and O–H groups in total. The molecule has 0 atom stereocenters. The number of amides is 1. The quantitative estimate of drug-likeness (QED) is 0.608. The maximum atomic E-state index is 11.2. The Hall–Kier alpha value is -2.63. The van der Waals surface area contributed by atoms with E-state index in [-0.39, 0.29) is 5.41 Å². The number of anilines is 1. The first kappa shape index (κ1) is 19.7. The highest BCUT2D eigenvalue weighted by atomic mass is 16.5. The molecular weight excluding hydrogens is 364 g/mol. The third-order valence-corrected chi connectivity index (χ3v) is 6.24. The number of benzene rings is 1. The minimum atomic E-state index is 0.283. The second kappa shape index (κ2) is 8.80. The van der Waals surface area contributed by atoms with Crippen LogP contribution >= 0.6 is 0 Å². The Morgan fingerprint density at radius 3 is 2.48 bits per heavy atom. The molecule has 2 aliphatic rings. The molecule has 1 saturated heterocycles. The SMILES string of the molecule is CC1(CCN(C=O)C2CC2)CCN(c2ncc(OCc3ccccc3)cn2)CC1. The molecule has 1 aliphatic heterocycles. The molecule has 2 heterocycles. The van der Waals surface area contributed by atoms with Crippen molar-refractivity contribution in [1.29, 1.82) is 0 Å². The van der Waals surface area contributed by atoms with Gasteiger partial charge in [0.2, 0.25) is 12.4 Å². The third kappa shape index (κ3) is 5.25. The Morgan fingerprint density at radius 1 is 1.17 bits per heavy atom. The standard InChI is InChI=1S/C23H30N4O2/c1-23(11-14-27(18-28)20-7-8-20)9-12-26(13-10-23)22-24-15-21(16-25-22)29-17-19-5-3-2-4-6-19/h2-6,15-16,18,20H,7-14,17H2,1H3. The summed E-state index contributed by atoms with van der Waals surface area (Å²) < 4.78 is 5.78. The Labute approximate surface area is 172 Å². The van der Waals surface area contributed by atoms with E-state index in [4.69, 9.17) is 4.74 Å².